The fraction of sp³-hybridized carbons (Fsp3) is 0.943. The quantitative estimate of drug-likeness (QED) is 0.208. The minimum Gasteiger partial charge on any atom is -0.368 e. The Kier molecular flexibility index (Phi) is 12.9. The molecule has 42 heavy (non-hydrogen) atoms. The maximum Gasteiger partial charge on any atom is 0.334 e. The van der Waals surface area contributed by atoms with Gasteiger partial charge in [-0.25, -0.2) is 0 Å². The summed E-state index contributed by atoms with van der Waals surface area (Å²) in [6, 6.07) is 0. The van der Waals surface area contributed by atoms with E-state index in [9.17, 15) is 0 Å². The van der Waals surface area contributed by atoms with Crippen LogP contribution < -0.4 is 0 Å². The van der Waals surface area contributed by atoms with E-state index in [1.807, 2.05) is 12.3 Å². The molecule has 1 atom stereocenters. The van der Waals surface area contributed by atoms with Crippen LogP contribution in [0, 0.1) is 32.5 Å². The number of nitrogens with zero attached hydrogens (tertiary/aromatic N) is 1. The van der Waals surface area contributed by atoms with Crippen molar-refractivity contribution in [3.8, 4) is 0 Å². The SMILES string of the molecule is CC(C)(C)COC1C=CN(OCC(C)(C)C)C(OCC(C)(C)C)(OCC(C)(C)C)C1(OCC(C)(C)C)OCC(C)(C)C. The van der Waals surface area contributed by atoms with Crippen LogP contribution in [0.1, 0.15) is 125 Å². The molecule has 0 bridgehead atoms. The number of ether oxygens (including phenoxy) is 5. The summed E-state index contributed by atoms with van der Waals surface area (Å²) in [5.41, 5.74) is -0.925. The molecule has 1 aliphatic rings. The smallest absolute Gasteiger partial charge is 0.334 e. The van der Waals surface area contributed by atoms with Crippen LogP contribution in [-0.4, -0.2) is 62.5 Å². The molecule has 0 N–H and O–H groups in total. The van der Waals surface area contributed by atoms with Gasteiger partial charge in [0.15, 0.2) is 0 Å². The molecule has 0 saturated heterocycles. The third-order valence-corrected chi connectivity index (χ3v) is 5.67. The van der Waals surface area contributed by atoms with Crippen molar-refractivity contribution in [3.05, 3.63) is 12.3 Å². The van der Waals surface area contributed by atoms with E-state index in [1.54, 1.807) is 5.06 Å². The molecule has 0 aromatic carbocycles. The average Bonchev–Trinajstić information content (AvgIpc) is 2.74. The van der Waals surface area contributed by atoms with Gasteiger partial charge in [-0.1, -0.05) is 125 Å². The summed E-state index contributed by atoms with van der Waals surface area (Å²) in [5, 5.41) is 1.69. The molecule has 0 amide bonds. The normalized spacial score (nSPS) is 20.3. The van der Waals surface area contributed by atoms with E-state index in [-0.39, 0.29) is 32.5 Å². The molecule has 1 unspecified atom stereocenters. The minimum absolute atomic E-state index is 0.0886. The van der Waals surface area contributed by atoms with Crippen molar-refractivity contribution in [1.29, 1.82) is 0 Å². The van der Waals surface area contributed by atoms with Crippen LogP contribution >= 0.6 is 0 Å². The number of hydroxylamine groups is 2. The second kappa shape index (κ2) is 13.7. The molecular formula is C35H69NO6. The molecule has 7 heteroatoms. The van der Waals surface area contributed by atoms with Crippen molar-refractivity contribution >= 4 is 0 Å². The molecule has 0 aliphatic carbocycles. The molecule has 7 nitrogen and oxygen atoms in total. The van der Waals surface area contributed by atoms with Crippen molar-refractivity contribution in [2.24, 2.45) is 32.5 Å². The summed E-state index contributed by atoms with van der Waals surface area (Å²) < 4.78 is 34.9. The van der Waals surface area contributed by atoms with Crippen LogP contribution in [-0.2, 0) is 28.5 Å². The summed E-state index contributed by atoms with van der Waals surface area (Å²) in [6.07, 6.45) is 3.21. The minimum atomic E-state index is -1.62. The topological polar surface area (TPSA) is 58.6 Å². The van der Waals surface area contributed by atoms with Gasteiger partial charge in [-0.05, 0) is 38.6 Å². The second-order valence-electron chi connectivity index (χ2n) is 19.4. The van der Waals surface area contributed by atoms with E-state index in [4.69, 9.17) is 28.5 Å². The second-order valence-corrected chi connectivity index (χ2v) is 19.4. The molecule has 0 spiro atoms. The maximum atomic E-state index is 7.05. The van der Waals surface area contributed by atoms with E-state index in [0.717, 1.165) is 0 Å². The summed E-state index contributed by atoms with van der Waals surface area (Å²) in [6.45, 7) is 41.1. The van der Waals surface area contributed by atoms with Crippen LogP contribution in [0.3, 0.4) is 0 Å². The largest absolute Gasteiger partial charge is 0.368 e. The van der Waals surface area contributed by atoms with Crippen molar-refractivity contribution in [2.45, 2.75) is 142 Å². The van der Waals surface area contributed by atoms with E-state index >= 15 is 0 Å². The predicted molar refractivity (Wildman–Crippen MR) is 173 cm³/mol. The highest BCUT2D eigenvalue weighted by molar-refractivity contribution is 5.11. The van der Waals surface area contributed by atoms with Crippen molar-refractivity contribution in [2.75, 3.05) is 39.6 Å². The molecule has 0 fully saturated rings. The fourth-order valence-electron chi connectivity index (χ4n) is 3.65. The number of rotatable bonds is 12. The van der Waals surface area contributed by atoms with Gasteiger partial charge in [0.2, 0.25) is 0 Å². The zero-order chi connectivity index (χ0) is 33.1. The van der Waals surface area contributed by atoms with E-state index < -0.39 is 17.8 Å². The lowest BCUT2D eigenvalue weighted by molar-refractivity contribution is -0.518. The molecular weight excluding hydrogens is 530 g/mol. The van der Waals surface area contributed by atoms with Gasteiger partial charge in [0, 0.05) is 6.20 Å². The monoisotopic (exact) mass is 600 g/mol. The van der Waals surface area contributed by atoms with Crippen LogP contribution in [0.4, 0.5) is 0 Å². The predicted octanol–water partition coefficient (Wildman–Crippen LogP) is 8.83. The van der Waals surface area contributed by atoms with Gasteiger partial charge in [-0.2, -0.15) is 5.06 Å². The van der Waals surface area contributed by atoms with Gasteiger partial charge in [-0.15, -0.1) is 0 Å². The lowest BCUT2D eigenvalue weighted by Crippen LogP contribution is -2.75. The number of hydrogen-bond acceptors (Lipinski definition) is 7. The standard InChI is InChI=1S/C35H69NO6/c1-28(2,3)21-37-27-19-20-36(42-26-33(16,17)18)35(40-24-31(10,11)12,41-25-32(13,14)15)34(27,38-22-29(4,5)6)39-23-30(7,8)9/h19-20,27H,21-26H2,1-18H3. The first kappa shape index (κ1) is 39.3. The third-order valence-electron chi connectivity index (χ3n) is 5.67. The Bertz CT molecular complexity index is 734. The van der Waals surface area contributed by atoms with Gasteiger partial charge in [0.05, 0.1) is 39.6 Å². The Morgan fingerprint density at radius 2 is 0.810 bits per heavy atom. The summed E-state index contributed by atoms with van der Waals surface area (Å²) in [7, 11) is 0. The molecule has 1 heterocycles. The van der Waals surface area contributed by atoms with Crippen LogP contribution in [0.15, 0.2) is 12.3 Å². The first-order valence-corrected chi connectivity index (χ1v) is 15.8. The van der Waals surface area contributed by atoms with Crippen LogP contribution in [0.25, 0.3) is 0 Å². The zero-order valence-electron chi connectivity index (χ0n) is 30.9. The highest BCUT2D eigenvalue weighted by Crippen LogP contribution is 2.47. The lowest BCUT2D eigenvalue weighted by atomic mass is 9.93. The third kappa shape index (κ3) is 13.5. The van der Waals surface area contributed by atoms with Crippen molar-refractivity contribution in [3.63, 3.8) is 0 Å². The molecule has 0 aromatic heterocycles. The van der Waals surface area contributed by atoms with Crippen molar-refractivity contribution < 1.29 is 28.5 Å². The highest BCUT2D eigenvalue weighted by atomic mass is 16.9. The van der Waals surface area contributed by atoms with Gasteiger partial charge in [0.25, 0.3) is 5.79 Å². The highest BCUT2D eigenvalue weighted by Gasteiger charge is 2.68. The van der Waals surface area contributed by atoms with Crippen LogP contribution in [0.5, 0.6) is 0 Å². The first-order valence-electron chi connectivity index (χ1n) is 15.8. The number of hydrogen-bond donors (Lipinski definition) is 0. The van der Waals surface area contributed by atoms with E-state index in [0.29, 0.717) is 39.6 Å². The lowest BCUT2D eigenvalue weighted by Gasteiger charge is -2.57. The summed E-state index contributed by atoms with van der Waals surface area (Å²) in [5.74, 6) is -3.14. The van der Waals surface area contributed by atoms with Gasteiger partial charge < -0.3 is 23.7 Å². The van der Waals surface area contributed by atoms with Crippen molar-refractivity contribution in [1.82, 2.24) is 5.06 Å². The van der Waals surface area contributed by atoms with E-state index in [2.05, 4.69) is 125 Å². The molecule has 250 valence electrons. The fourth-order valence-corrected chi connectivity index (χ4v) is 3.65. The molecule has 0 saturated carbocycles. The van der Waals surface area contributed by atoms with E-state index in [1.165, 1.54) is 0 Å². The molecule has 1 rings (SSSR count). The first-order chi connectivity index (χ1) is 18.5. The summed E-state index contributed by atoms with van der Waals surface area (Å²) >= 11 is 0. The van der Waals surface area contributed by atoms with Crippen LogP contribution in [0.2, 0.25) is 0 Å². The van der Waals surface area contributed by atoms with Gasteiger partial charge >= 0.3 is 5.91 Å². The Labute approximate surface area is 260 Å². The Morgan fingerprint density at radius 1 is 0.476 bits per heavy atom. The molecule has 0 radical (unpaired) electrons. The summed E-state index contributed by atoms with van der Waals surface area (Å²) in [4.78, 5) is 6.59. The maximum absolute atomic E-state index is 7.05. The van der Waals surface area contributed by atoms with Gasteiger partial charge in [-0.3, -0.25) is 4.84 Å². The average molecular weight is 600 g/mol. The Hall–Kier alpha value is -0.700. The molecule has 1 aliphatic heterocycles. The molecule has 0 aromatic rings. The Balaban J connectivity index is 4.11. The Morgan fingerprint density at radius 3 is 1.14 bits per heavy atom. The van der Waals surface area contributed by atoms with Gasteiger partial charge in [0.1, 0.15) is 6.10 Å². The zero-order valence-corrected chi connectivity index (χ0v) is 30.9.